The fourth-order valence-electron chi connectivity index (χ4n) is 1.91. The average Bonchev–Trinajstić information content (AvgIpc) is 2.51. The first-order chi connectivity index (χ1) is 5.90. The first kappa shape index (κ1) is 8.27. The summed E-state index contributed by atoms with van der Waals surface area (Å²) in [5.41, 5.74) is 3.17. The second-order valence-corrected chi connectivity index (χ2v) is 4.16. The van der Waals surface area contributed by atoms with E-state index in [1.165, 1.54) is 19.3 Å². The smallest absolute Gasteiger partial charge is 0.0111 e. The zero-order valence-corrected chi connectivity index (χ0v) is 8.29. The van der Waals surface area contributed by atoms with Crippen LogP contribution in [0.1, 0.15) is 24.5 Å². The lowest BCUT2D eigenvalue weighted by molar-refractivity contribution is 0.472. The molecule has 0 amide bonds. The summed E-state index contributed by atoms with van der Waals surface area (Å²) in [5.74, 6) is 0. The highest BCUT2D eigenvalue weighted by molar-refractivity contribution is 7.08. The molecular formula is C10H15NS. The van der Waals surface area contributed by atoms with Crippen molar-refractivity contribution in [2.45, 2.75) is 32.2 Å². The molecule has 0 saturated carbocycles. The Morgan fingerprint density at radius 2 is 2.33 bits per heavy atom. The molecule has 1 heterocycles. The predicted molar refractivity (Wildman–Crippen MR) is 53.8 cm³/mol. The number of likely N-dealkylation sites (N-methyl/N-ethyl adjacent to an activating group) is 1. The van der Waals surface area contributed by atoms with Crippen LogP contribution in [0.5, 0.6) is 0 Å². The normalized spacial score (nSPS) is 22.2. The molecule has 1 nitrogen and oxygen atoms in total. The average molecular weight is 181 g/mol. The maximum Gasteiger partial charge on any atom is 0.0111 e. The molecule has 1 atom stereocenters. The van der Waals surface area contributed by atoms with Crippen LogP contribution in [0.15, 0.2) is 10.8 Å². The van der Waals surface area contributed by atoms with Crippen molar-refractivity contribution in [3.63, 3.8) is 0 Å². The molecule has 2 rings (SSSR count). The number of nitrogens with one attached hydrogen (secondary N) is 1. The quantitative estimate of drug-likeness (QED) is 0.737. The molecule has 0 radical (unpaired) electrons. The predicted octanol–water partition coefficient (Wildman–Crippen LogP) is 2.21. The Labute approximate surface area is 77.8 Å². The Kier molecular flexibility index (Phi) is 2.47. The molecular weight excluding hydrogens is 166 g/mol. The monoisotopic (exact) mass is 181 g/mol. The lowest BCUT2D eigenvalue weighted by Gasteiger charge is -2.22. The first-order valence-corrected chi connectivity index (χ1v) is 5.61. The Bertz CT molecular complexity index is 254. The number of rotatable bonds is 2. The van der Waals surface area contributed by atoms with Gasteiger partial charge in [-0.1, -0.05) is 6.92 Å². The van der Waals surface area contributed by atoms with Gasteiger partial charge < -0.3 is 5.32 Å². The maximum atomic E-state index is 3.52. The molecule has 0 aromatic carbocycles. The van der Waals surface area contributed by atoms with Crippen LogP contribution in [0.3, 0.4) is 0 Å². The van der Waals surface area contributed by atoms with Crippen molar-refractivity contribution < 1.29 is 0 Å². The molecule has 2 heteroatoms. The van der Waals surface area contributed by atoms with Gasteiger partial charge in [0.05, 0.1) is 0 Å². The number of fused-ring (bicyclic) bond motifs is 1. The zero-order chi connectivity index (χ0) is 8.39. The molecule has 1 aliphatic carbocycles. The SMILES string of the molecule is CCN[C@@H]1CCc2cscc2C1. The van der Waals surface area contributed by atoms with Gasteiger partial charge in [0.25, 0.3) is 0 Å². The molecule has 0 aliphatic heterocycles. The minimum atomic E-state index is 0.733. The Balaban J connectivity index is 2.05. The van der Waals surface area contributed by atoms with Gasteiger partial charge in [-0.15, -0.1) is 0 Å². The third-order valence-electron chi connectivity index (χ3n) is 2.55. The maximum absolute atomic E-state index is 3.52. The summed E-state index contributed by atoms with van der Waals surface area (Å²) < 4.78 is 0. The Morgan fingerprint density at radius 1 is 1.50 bits per heavy atom. The third kappa shape index (κ3) is 1.54. The minimum Gasteiger partial charge on any atom is -0.314 e. The second kappa shape index (κ2) is 3.58. The minimum absolute atomic E-state index is 0.733. The fraction of sp³-hybridized carbons (Fsp3) is 0.600. The summed E-state index contributed by atoms with van der Waals surface area (Å²) >= 11 is 1.85. The van der Waals surface area contributed by atoms with Crippen molar-refractivity contribution in [3.05, 3.63) is 21.9 Å². The molecule has 1 aromatic rings. The summed E-state index contributed by atoms with van der Waals surface area (Å²) in [5, 5.41) is 8.13. The van der Waals surface area contributed by atoms with Crippen LogP contribution >= 0.6 is 11.3 Å². The van der Waals surface area contributed by atoms with Gasteiger partial charge in [0.15, 0.2) is 0 Å². The van der Waals surface area contributed by atoms with E-state index in [0.29, 0.717) is 0 Å². The highest BCUT2D eigenvalue weighted by Crippen LogP contribution is 2.24. The summed E-state index contributed by atoms with van der Waals surface area (Å²) in [4.78, 5) is 0. The largest absolute Gasteiger partial charge is 0.314 e. The van der Waals surface area contributed by atoms with Gasteiger partial charge in [-0.2, -0.15) is 11.3 Å². The standard InChI is InChI=1S/C10H15NS/c1-2-11-10-4-3-8-6-12-7-9(8)5-10/h6-7,10-11H,2-5H2,1H3/t10-/m1/s1. The molecule has 12 heavy (non-hydrogen) atoms. The van der Waals surface area contributed by atoms with Crippen LogP contribution in [-0.4, -0.2) is 12.6 Å². The van der Waals surface area contributed by atoms with E-state index in [0.717, 1.165) is 12.6 Å². The van der Waals surface area contributed by atoms with Crippen molar-refractivity contribution in [2.75, 3.05) is 6.54 Å². The van der Waals surface area contributed by atoms with Gasteiger partial charge in [-0.05, 0) is 47.7 Å². The van der Waals surface area contributed by atoms with Gasteiger partial charge in [0, 0.05) is 6.04 Å². The van der Waals surface area contributed by atoms with E-state index >= 15 is 0 Å². The van der Waals surface area contributed by atoms with E-state index in [2.05, 4.69) is 23.0 Å². The molecule has 1 aromatic heterocycles. The van der Waals surface area contributed by atoms with Gasteiger partial charge in [0.1, 0.15) is 0 Å². The highest BCUT2D eigenvalue weighted by Gasteiger charge is 2.17. The van der Waals surface area contributed by atoms with Gasteiger partial charge in [-0.3, -0.25) is 0 Å². The van der Waals surface area contributed by atoms with Crippen molar-refractivity contribution >= 4 is 11.3 Å². The van der Waals surface area contributed by atoms with Crippen LogP contribution in [0.2, 0.25) is 0 Å². The van der Waals surface area contributed by atoms with Gasteiger partial charge in [0.2, 0.25) is 0 Å². The molecule has 0 spiro atoms. The number of thiophene rings is 1. The van der Waals surface area contributed by atoms with Crippen LogP contribution in [-0.2, 0) is 12.8 Å². The first-order valence-electron chi connectivity index (χ1n) is 4.67. The van der Waals surface area contributed by atoms with Crippen LogP contribution in [0.4, 0.5) is 0 Å². The third-order valence-corrected chi connectivity index (χ3v) is 3.40. The summed E-state index contributed by atoms with van der Waals surface area (Å²) in [6, 6.07) is 0.733. The van der Waals surface area contributed by atoms with E-state index < -0.39 is 0 Å². The molecule has 0 fully saturated rings. The molecule has 66 valence electrons. The molecule has 1 N–H and O–H groups in total. The molecule has 0 unspecified atom stereocenters. The number of aryl methyl sites for hydroxylation is 1. The summed E-state index contributed by atoms with van der Waals surface area (Å²) in [7, 11) is 0. The van der Waals surface area contributed by atoms with E-state index in [9.17, 15) is 0 Å². The van der Waals surface area contributed by atoms with Crippen molar-refractivity contribution in [3.8, 4) is 0 Å². The Morgan fingerprint density at radius 3 is 3.17 bits per heavy atom. The van der Waals surface area contributed by atoms with E-state index in [-0.39, 0.29) is 0 Å². The van der Waals surface area contributed by atoms with Crippen LogP contribution in [0.25, 0.3) is 0 Å². The van der Waals surface area contributed by atoms with Gasteiger partial charge in [-0.25, -0.2) is 0 Å². The van der Waals surface area contributed by atoms with E-state index in [1.54, 1.807) is 11.1 Å². The van der Waals surface area contributed by atoms with Crippen LogP contribution < -0.4 is 5.32 Å². The lowest BCUT2D eigenvalue weighted by atomic mass is 9.92. The van der Waals surface area contributed by atoms with E-state index in [1.807, 2.05) is 11.3 Å². The number of hydrogen-bond acceptors (Lipinski definition) is 2. The zero-order valence-electron chi connectivity index (χ0n) is 7.47. The molecule has 1 aliphatic rings. The lowest BCUT2D eigenvalue weighted by Crippen LogP contribution is -2.33. The fourth-order valence-corrected chi connectivity index (χ4v) is 2.82. The van der Waals surface area contributed by atoms with Gasteiger partial charge >= 0.3 is 0 Å². The van der Waals surface area contributed by atoms with Crippen molar-refractivity contribution in [2.24, 2.45) is 0 Å². The second-order valence-electron chi connectivity index (χ2n) is 3.42. The van der Waals surface area contributed by atoms with E-state index in [4.69, 9.17) is 0 Å². The Hall–Kier alpha value is -0.340. The number of hydrogen-bond donors (Lipinski definition) is 1. The molecule has 0 saturated heterocycles. The van der Waals surface area contributed by atoms with Crippen molar-refractivity contribution in [1.29, 1.82) is 0 Å². The van der Waals surface area contributed by atoms with Crippen LogP contribution in [0, 0.1) is 0 Å². The highest BCUT2D eigenvalue weighted by atomic mass is 32.1. The summed E-state index contributed by atoms with van der Waals surface area (Å²) in [6.07, 6.45) is 3.83. The molecule has 0 bridgehead atoms. The van der Waals surface area contributed by atoms with Crippen molar-refractivity contribution in [1.82, 2.24) is 5.32 Å². The summed E-state index contributed by atoms with van der Waals surface area (Å²) in [6.45, 7) is 3.28. The topological polar surface area (TPSA) is 12.0 Å².